The van der Waals surface area contributed by atoms with E-state index in [-0.39, 0.29) is 18.1 Å². The van der Waals surface area contributed by atoms with Crippen LogP contribution in [-0.2, 0) is 14.3 Å². The molecule has 1 saturated heterocycles. The molecule has 5 heteroatoms. The first kappa shape index (κ1) is 8.68. The Morgan fingerprint density at radius 2 is 2.46 bits per heavy atom. The Bertz CT molecular complexity index is 282. The van der Waals surface area contributed by atoms with E-state index in [1.807, 2.05) is 0 Å². The topological polar surface area (TPSA) is 79.3 Å². The Morgan fingerprint density at radius 3 is 2.92 bits per heavy atom. The van der Waals surface area contributed by atoms with E-state index in [0.29, 0.717) is 0 Å². The monoisotopic (exact) mass is 186 g/mol. The Hall–Kier alpha value is -0.910. The van der Waals surface area contributed by atoms with Crippen molar-refractivity contribution in [3.63, 3.8) is 0 Å². The van der Waals surface area contributed by atoms with Gasteiger partial charge in [0.2, 0.25) is 11.9 Å². The van der Waals surface area contributed by atoms with Crippen LogP contribution in [-0.4, -0.2) is 40.6 Å². The normalized spacial score (nSPS) is 38.8. The summed E-state index contributed by atoms with van der Waals surface area (Å²) in [5.74, 6) is -0.161. The van der Waals surface area contributed by atoms with Crippen molar-refractivity contribution < 1.29 is 24.5 Å². The summed E-state index contributed by atoms with van der Waals surface area (Å²) < 4.78 is 10.0. The molecule has 2 N–H and O–H groups in total. The fourth-order valence-electron chi connectivity index (χ4n) is 1.44. The molecule has 0 unspecified atom stereocenters. The van der Waals surface area contributed by atoms with Crippen molar-refractivity contribution in [1.82, 2.24) is 0 Å². The predicted octanol–water partition coefficient (Wildman–Crippen LogP) is -1.06. The minimum Gasteiger partial charge on any atom is -0.463 e. The van der Waals surface area contributed by atoms with Crippen molar-refractivity contribution in [1.29, 1.82) is 0 Å². The number of rotatable bonds is 2. The molecule has 2 aliphatic rings. The van der Waals surface area contributed by atoms with Gasteiger partial charge < -0.3 is 19.7 Å². The summed E-state index contributed by atoms with van der Waals surface area (Å²) in [5, 5.41) is 18.0. The predicted molar refractivity (Wildman–Crippen MR) is 40.5 cm³/mol. The molecule has 0 radical (unpaired) electrons. The molecule has 13 heavy (non-hydrogen) atoms. The zero-order chi connectivity index (χ0) is 9.64. The number of hydrogen-bond donors (Lipinski definition) is 2. The quantitative estimate of drug-likeness (QED) is 0.537. The first-order chi connectivity index (χ1) is 6.11. The van der Waals surface area contributed by atoms with Crippen LogP contribution in [0.2, 0.25) is 0 Å². The number of carbonyl (C=O) groups is 1. The van der Waals surface area contributed by atoms with Gasteiger partial charge in [0.1, 0.15) is 12.4 Å². The van der Waals surface area contributed by atoms with Crippen LogP contribution in [0, 0.1) is 0 Å². The number of ether oxygens (including phenoxy) is 2. The highest BCUT2D eigenvalue weighted by Crippen LogP contribution is 2.45. The van der Waals surface area contributed by atoms with E-state index in [1.165, 1.54) is 6.92 Å². The van der Waals surface area contributed by atoms with Gasteiger partial charge in [0.05, 0.1) is 6.10 Å². The molecule has 5 nitrogen and oxygen atoms in total. The Labute approximate surface area is 74.6 Å². The second-order valence-corrected chi connectivity index (χ2v) is 3.17. The molecule has 0 aromatic heterocycles. The molecular formula is C8H10O5. The van der Waals surface area contributed by atoms with Gasteiger partial charge in [-0.3, -0.25) is 4.79 Å². The second kappa shape index (κ2) is 2.54. The third kappa shape index (κ3) is 1.01. The van der Waals surface area contributed by atoms with E-state index >= 15 is 0 Å². The van der Waals surface area contributed by atoms with Gasteiger partial charge in [-0.15, -0.1) is 0 Å². The molecule has 0 aromatic rings. The highest BCUT2D eigenvalue weighted by Gasteiger charge is 2.69. The van der Waals surface area contributed by atoms with Crippen LogP contribution in [0.25, 0.3) is 0 Å². The van der Waals surface area contributed by atoms with Crippen LogP contribution in [0.4, 0.5) is 0 Å². The van der Waals surface area contributed by atoms with E-state index in [2.05, 4.69) is 0 Å². The summed E-state index contributed by atoms with van der Waals surface area (Å²) in [6.45, 7) is 1.14. The standard InChI is InChI=1S/C8H10O5/c1-4(10)8-6(11)2-5(3-9)12-7(8)13-8/h2,4,7,9-10H,3H2,1H3/t4-,7-,8-/m1/s1. The first-order valence-corrected chi connectivity index (χ1v) is 3.99. The number of aliphatic hydroxyl groups is 2. The van der Waals surface area contributed by atoms with Crippen LogP contribution in [0.5, 0.6) is 0 Å². The summed E-state index contributed by atoms with van der Waals surface area (Å²) in [6.07, 6.45) is -0.468. The van der Waals surface area contributed by atoms with E-state index in [4.69, 9.17) is 14.6 Å². The van der Waals surface area contributed by atoms with Crippen LogP contribution in [0.15, 0.2) is 11.8 Å². The van der Waals surface area contributed by atoms with E-state index in [0.717, 1.165) is 6.08 Å². The van der Waals surface area contributed by atoms with Crippen molar-refractivity contribution in [2.75, 3.05) is 6.61 Å². The summed E-state index contributed by atoms with van der Waals surface area (Å²) >= 11 is 0. The number of ketones is 1. The van der Waals surface area contributed by atoms with Crippen molar-refractivity contribution in [2.24, 2.45) is 0 Å². The van der Waals surface area contributed by atoms with Gasteiger partial charge in [-0.1, -0.05) is 0 Å². The SMILES string of the molecule is C[C@@H](O)[C@]12O[C@H]1OC(CO)=CC2=O. The fraction of sp³-hybridized carbons (Fsp3) is 0.625. The first-order valence-electron chi connectivity index (χ1n) is 3.99. The zero-order valence-electron chi connectivity index (χ0n) is 7.06. The summed E-state index contributed by atoms with van der Waals surface area (Å²) in [6, 6.07) is 0. The molecule has 0 spiro atoms. The van der Waals surface area contributed by atoms with E-state index in [9.17, 15) is 9.90 Å². The second-order valence-electron chi connectivity index (χ2n) is 3.17. The van der Waals surface area contributed by atoms with Crippen LogP contribution < -0.4 is 0 Å². The third-order valence-corrected chi connectivity index (χ3v) is 2.31. The maximum atomic E-state index is 11.4. The highest BCUT2D eigenvalue weighted by molar-refractivity contribution is 6.01. The van der Waals surface area contributed by atoms with Gasteiger partial charge in [-0.25, -0.2) is 0 Å². The van der Waals surface area contributed by atoms with Crippen molar-refractivity contribution in [3.8, 4) is 0 Å². The van der Waals surface area contributed by atoms with Crippen molar-refractivity contribution in [3.05, 3.63) is 11.8 Å². The molecule has 0 saturated carbocycles. The maximum absolute atomic E-state index is 11.4. The largest absolute Gasteiger partial charge is 0.463 e. The van der Waals surface area contributed by atoms with Crippen molar-refractivity contribution >= 4 is 5.78 Å². The molecular weight excluding hydrogens is 176 g/mol. The van der Waals surface area contributed by atoms with Gasteiger partial charge in [-0.2, -0.15) is 0 Å². The lowest BCUT2D eigenvalue weighted by atomic mass is 9.96. The van der Waals surface area contributed by atoms with Gasteiger partial charge in [-0.05, 0) is 6.92 Å². The molecule has 2 rings (SSSR count). The van der Waals surface area contributed by atoms with Crippen LogP contribution in [0.3, 0.4) is 0 Å². The van der Waals surface area contributed by atoms with Crippen LogP contribution in [0.1, 0.15) is 6.92 Å². The summed E-state index contributed by atoms with van der Waals surface area (Å²) in [4.78, 5) is 11.4. The lowest BCUT2D eigenvalue weighted by Gasteiger charge is -2.17. The smallest absolute Gasteiger partial charge is 0.240 e. The average Bonchev–Trinajstić information content (AvgIpc) is 2.80. The number of hydrogen-bond acceptors (Lipinski definition) is 5. The van der Waals surface area contributed by atoms with Gasteiger partial charge in [0.15, 0.2) is 5.78 Å². The Kier molecular flexibility index (Phi) is 1.69. The van der Waals surface area contributed by atoms with Gasteiger partial charge >= 0.3 is 0 Å². The Morgan fingerprint density at radius 1 is 1.77 bits per heavy atom. The molecule has 2 heterocycles. The number of fused-ring (bicyclic) bond motifs is 1. The molecule has 2 aliphatic heterocycles. The van der Waals surface area contributed by atoms with Gasteiger partial charge in [0.25, 0.3) is 0 Å². The minimum absolute atomic E-state index is 0.184. The zero-order valence-corrected chi connectivity index (χ0v) is 7.06. The number of epoxide rings is 1. The molecule has 1 fully saturated rings. The van der Waals surface area contributed by atoms with Crippen molar-refractivity contribution in [2.45, 2.75) is 24.9 Å². The summed E-state index contributed by atoms with van der Waals surface area (Å²) in [5.41, 5.74) is -1.21. The minimum atomic E-state index is -1.21. The van der Waals surface area contributed by atoms with E-state index in [1.54, 1.807) is 0 Å². The van der Waals surface area contributed by atoms with E-state index < -0.39 is 18.0 Å². The molecule has 0 bridgehead atoms. The number of aliphatic hydroxyl groups excluding tert-OH is 2. The van der Waals surface area contributed by atoms with Crippen LogP contribution >= 0.6 is 0 Å². The average molecular weight is 186 g/mol. The lowest BCUT2D eigenvalue weighted by Crippen LogP contribution is -2.40. The molecule has 0 amide bonds. The Balaban J connectivity index is 2.24. The molecule has 3 atom stereocenters. The van der Waals surface area contributed by atoms with Gasteiger partial charge in [0, 0.05) is 6.08 Å². The summed E-state index contributed by atoms with van der Waals surface area (Å²) in [7, 11) is 0. The molecule has 0 aliphatic carbocycles. The highest BCUT2D eigenvalue weighted by atomic mass is 16.8. The number of carbonyl (C=O) groups excluding carboxylic acids is 1. The lowest BCUT2D eigenvalue weighted by molar-refractivity contribution is -0.124. The maximum Gasteiger partial charge on any atom is 0.240 e. The molecule has 0 aromatic carbocycles. The third-order valence-electron chi connectivity index (χ3n) is 2.31. The fourth-order valence-corrected chi connectivity index (χ4v) is 1.44. The molecule has 72 valence electrons.